The van der Waals surface area contributed by atoms with Crippen LogP contribution < -0.4 is 15.4 Å². The van der Waals surface area contributed by atoms with Gasteiger partial charge in [-0.25, -0.2) is 0 Å². The lowest BCUT2D eigenvalue weighted by Crippen LogP contribution is -2.37. The third-order valence-electron chi connectivity index (χ3n) is 2.23. The molecule has 108 valence electrons. The Balaban J connectivity index is 2.57. The van der Waals surface area contributed by atoms with Crippen molar-refractivity contribution in [2.75, 3.05) is 11.9 Å². The Morgan fingerprint density at radius 3 is 2.50 bits per heavy atom. The fourth-order valence-corrected chi connectivity index (χ4v) is 1.36. The van der Waals surface area contributed by atoms with Crippen LogP contribution in [0.15, 0.2) is 24.3 Å². The number of rotatable bonds is 5. The number of alkyl halides is 3. The Labute approximate surface area is 114 Å². The van der Waals surface area contributed by atoms with Crippen molar-refractivity contribution in [3.63, 3.8) is 0 Å². The van der Waals surface area contributed by atoms with Crippen molar-refractivity contribution in [1.82, 2.24) is 5.32 Å². The van der Waals surface area contributed by atoms with Crippen LogP contribution in [-0.2, 0) is 4.79 Å². The Morgan fingerprint density at radius 1 is 1.40 bits per heavy atom. The third kappa shape index (κ3) is 5.52. The highest BCUT2D eigenvalue weighted by atomic mass is 19.4. The number of terminal acetylenes is 1. The summed E-state index contributed by atoms with van der Waals surface area (Å²) in [5.74, 6) is 1.63. The predicted octanol–water partition coefficient (Wildman–Crippen LogP) is 2.13. The first kappa shape index (κ1) is 15.7. The minimum absolute atomic E-state index is 0.114. The van der Waals surface area contributed by atoms with Crippen molar-refractivity contribution in [2.45, 2.75) is 19.3 Å². The maximum atomic E-state index is 12.0. The Morgan fingerprint density at radius 2 is 2.00 bits per heavy atom. The van der Waals surface area contributed by atoms with Crippen LogP contribution in [-0.4, -0.2) is 24.9 Å². The molecule has 0 saturated carbocycles. The molecule has 0 spiro atoms. The predicted molar refractivity (Wildman–Crippen MR) is 68.1 cm³/mol. The summed E-state index contributed by atoms with van der Waals surface area (Å²) in [6, 6.07) is 4.50. The number of hydrogen-bond donors (Lipinski definition) is 2. The number of carbonyl (C=O) groups excluding carboxylic acids is 1. The van der Waals surface area contributed by atoms with Crippen LogP contribution in [0.2, 0.25) is 0 Å². The van der Waals surface area contributed by atoms with E-state index >= 15 is 0 Å². The van der Waals surface area contributed by atoms with Gasteiger partial charge in [0.15, 0.2) is 0 Å². The van der Waals surface area contributed by atoms with Crippen molar-refractivity contribution in [2.24, 2.45) is 0 Å². The lowest BCUT2D eigenvalue weighted by Gasteiger charge is -2.15. The van der Waals surface area contributed by atoms with E-state index in [-0.39, 0.29) is 18.2 Å². The van der Waals surface area contributed by atoms with Crippen LogP contribution in [0.1, 0.15) is 6.92 Å². The highest BCUT2D eigenvalue weighted by molar-refractivity contribution is 5.84. The average molecular weight is 286 g/mol. The van der Waals surface area contributed by atoms with E-state index < -0.39 is 12.4 Å². The quantitative estimate of drug-likeness (QED) is 0.815. The smallest absolute Gasteiger partial charge is 0.406 e. The molecule has 0 aromatic heterocycles. The fraction of sp³-hybridized carbons (Fsp3) is 0.308. The second-order valence-electron chi connectivity index (χ2n) is 3.86. The molecule has 1 atom stereocenters. The van der Waals surface area contributed by atoms with Crippen LogP contribution in [0.3, 0.4) is 0 Å². The molecule has 0 saturated heterocycles. The molecular weight excluding hydrogens is 273 g/mol. The van der Waals surface area contributed by atoms with Gasteiger partial charge in [0.2, 0.25) is 5.91 Å². The number of hydrogen-bond acceptors (Lipinski definition) is 3. The summed E-state index contributed by atoms with van der Waals surface area (Å²) in [7, 11) is 0. The SMILES string of the molecule is C#CCNC(=O)C(C)Nc1ccc(OC(F)(F)F)cc1. The second-order valence-corrected chi connectivity index (χ2v) is 3.86. The lowest BCUT2D eigenvalue weighted by molar-refractivity contribution is -0.274. The number of ether oxygens (including phenoxy) is 1. The van der Waals surface area contributed by atoms with Gasteiger partial charge in [0, 0.05) is 5.69 Å². The van der Waals surface area contributed by atoms with E-state index in [0.29, 0.717) is 5.69 Å². The second kappa shape index (κ2) is 6.70. The van der Waals surface area contributed by atoms with E-state index in [1.165, 1.54) is 12.1 Å². The van der Waals surface area contributed by atoms with E-state index in [9.17, 15) is 18.0 Å². The van der Waals surface area contributed by atoms with Crippen LogP contribution >= 0.6 is 0 Å². The lowest BCUT2D eigenvalue weighted by atomic mass is 10.2. The summed E-state index contributed by atoms with van der Waals surface area (Å²) in [6.07, 6.45) is 0.281. The average Bonchev–Trinajstić information content (AvgIpc) is 2.36. The van der Waals surface area contributed by atoms with Crippen LogP contribution in [0.25, 0.3) is 0 Å². The zero-order chi connectivity index (χ0) is 15.2. The van der Waals surface area contributed by atoms with Gasteiger partial charge in [0.1, 0.15) is 11.8 Å². The van der Waals surface area contributed by atoms with Gasteiger partial charge >= 0.3 is 6.36 Å². The normalized spacial score (nSPS) is 12.2. The highest BCUT2D eigenvalue weighted by Crippen LogP contribution is 2.24. The molecule has 7 heteroatoms. The van der Waals surface area contributed by atoms with E-state index in [2.05, 4.69) is 21.3 Å². The van der Waals surface area contributed by atoms with Crippen molar-refractivity contribution in [3.8, 4) is 18.1 Å². The minimum atomic E-state index is -4.72. The first-order valence-corrected chi connectivity index (χ1v) is 5.65. The maximum absolute atomic E-state index is 12.0. The van der Waals surface area contributed by atoms with Crippen molar-refractivity contribution in [3.05, 3.63) is 24.3 Å². The molecule has 4 nitrogen and oxygen atoms in total. The summed E-state index contributed by atoms with van der Waals surface area (Å²) >= 11 is 0. The molecule has 1 aromatic carbocycles. The van der Waals surface area contributed by atoms with Gasteiger partial charge in [-0.3, -0.25) is 4.79 Å². The van der Waals surface area contributed by atoms with E-state index in [1.807, 2.05) is 0 Å². The number of amides is 1. The summed E-state index contributed by atoms with van der Waals surface area (Å²) in [5, 5.41) is 5.31. The molecule has 0 aliphatic rings. The highest BCUT2D eigenvalue weighted by Gasteiger charge is 2.30. The van der Waals surface area contributed by atoms with Gasteiger partial charge in [0.25, 0.3) is 0 Å². The molecule has 2 N–H and O–H groups in total. The van der Waals surface area contributed by atoms with Gasteiger partial charge in [-0.05, 0) is 31.2 Å². The zero-order valence-corrected chi connectivity index (χ0v) is 10.6. The third-order valence-corrected chi connectivity index (χ3v) is 2.23. The van der Waals surface area contributed by atoms with Crippen LogP contribution in [0.4, 0.5) is 18.9 Å². The van der Waals surface area contributed by atoms with Gasteiger partial charge < -0.3 is 15.4 Å². The van der Waals surface area contributed by atoms with Gasteiger partial charge in [0.05, 0.1) is 6.54 Å². The van der Waals surface area contributed by atoms with E-state index in [1.54, 1.807) is 6.92 Å². The molecule has 0 bridgehead atoms. The number of carbonyl (C=O) groups is 1. The molecule has 0 aliphatic heterocycles. The van der Waals surface area contributed by atoms with E-state index in [4.69, 9.17) is 6.42 Å². The topological polar surface area (TPSA) is 50.4 Å². The van der Waals surface area contributed by atoms with Gasteiger partial charge in [-0.15, -0.1) is 19.6 Å². The molecule has 0 fully saturated rings. The Kier molecular flexibility index (Phi) is 5.26. The number of nitrogens with one attached hydrogen (secondary N) is 2. The zero-order valence-electron chi connectivity index (χ0n) is 10.6. The summed E-state index contributed by atoms with van der Waals surface area (Å²) in [4.78, 5) is 11.5. The number of benzene rings is 1. The number of anilines is 1. The largest absolute Gasteiger partial charge is 0.573 e. The maximum Gasteiger partial charge on any atom is 0.573 e. The molecule has 0 aliphatic carbocycles. The van der Waals surface area contributed by atoms with Crippen LogP contribution in [0.5, 0.6) is 5.75 Å². The molecule has 1 unspecified atom stereocenters. The summed E-state index contributed by atoms with van der Waals surface area (Å²) < 4.78 is 39.6. The first-order valence-electron chi connectivity index (χ1n) is 5.65. The fourth-order valence-electron chi connectivity index (χ4n) is 1.36. The Hall–Kier alpha value is -2.36. The standard InChI is InChI=1S/C13H13F3N2O2/c1-3-8-17-12(19)9(2)18-10-4-6-11(7-5-10)20-13(14,15)16/h1,4-7,9,18H,8H2,2H3,(H,17,19). The molecule has 1 amide bonds. The molecule has 20 heavy (non-hydrogen) atoms. The van der Waals surface area contributed by atoms with E-state index in [0.717, 1.165) is 12.1 Å². The summed E-state index contributed by atoms with van der Waals surface area (Å²) in [6.45, 7) is 1.72. The molecular formula is C13H13F3N2O2. The molecule has 0 heterocycles. The first-order chi connectivity index (χ1) is 9.31. The Bertz CT molecular complexity index is 492. The van der Waals surface area contributed by atoms with Crippen molar-refractivity contribution in [1.29, 1.82) is 0 Å². The molecule has 1 aromatic rings. The molecule has 0 radical (unpaired) electrons. The number of halogens is 3. The van der Waals surface area contributed by atoms with Gasteiger partial charge in [-0.2, -0.15) is 0 Å². The summed E-state index contributed by atoms with van der Waals surface area (Å²) in [5.41, 5.74) is 0.489. The monoisotopic (exact) mass is 286 g/mol. The van der Waals surface area contributed by atoms with Crippen molar-refractivity contribution >= 4 is 11.6 Å². The minimum Gasteiger partial charge on any atom is -0.406 e. The molecule has 1 rings (SSSR count). The van der Waals surface area contributed by atoms with Gasteiger partial charge in [-0.1, -0.05) is 5.92 Å². The van der Waals surface area contributed by atoms with Crippen molar-refractivity contribution < 1.29 is 22.7 Å². The van der Waals surface area contributed by atoms with Crippen LogP contribution in [0, 0.1) is 12.3 Å².